The second-order valence-corrected chi connectivity index (χ2v) is 5.36. The highest BCUT2D eigenvalue weighted by Crippen LogP contribution is 2.30. The molecule has 1 aromatic rings. The van der Waals surface area contributed by atoms with E-state index >= 15 is 0 Å². The minimum Gasteiger partial charge on any atom is -0.336 e. The van der Waals surface area contributed by atoms with Crippen LogP contribution in [0.2, 0.25) is 0 Å². The van der Waals surface area contributed by atoms with E-state index in [2.05, 4.69) is 0 Å². The highest BCUT2D eigenvalue weighted by atomic mass is 16.2. The van der Waals surface area contributed by atoms with Crippen molar-refractivity contribution in [2.45, 2.75) is 32.7 Å². The average Bonchev–Trinajstić information content (AvgIpc) is 3.12. The molecule has 1 fully saturated rings. The Labute approximate surface area is 107 Å². The van der Waals surface area contributed by atoms with Gasteiger partial charge >= 0.3 is 0 Å². The van der Waals surface area contributed by atoms with Crippen molar-refractivity contribution in [3.05, 3.63) is 34.2 Å². The number of carbonyl (C=O) groups excluding carboxylic acids is 1. The Hall–Kier alpha value is -1.58. The summed E-state index contributed by atoms with van der Waals surface area (Å²) >= 11 is 0. The van der Waals surface area contributed by atoms with Gasteiger partial charge in [0.25, 0.3) is 11.5 Å². The maximum absolute atomic E-state index is 12.4. The van der Waals surface area contributed by atoms with E-state index < -0.39 is 0 Å². The zero-order valence-corrected chi connectivity index (χ0v) is 11.2. The molecule has 4 heteroatoms. The van der Waals surface area contributed by atoms with Crippen LogP contribution in [0, 0.1) is 5.92 Å². The third-order valence-corrected chi connectivity index (χ3v) is 3.39. The fraction of sp³-hybridized carbons (Fsp3) is 0.571. The van der Waals surface area contributed by atoms with Crippen molar-refractivity contribution in [1.29, 1.82) is 0 Å². The molecular weight excluding hydrogens is 228 g/mol. The van der Waals surface area contributed by atoms with Gasteiger partial charge in [0.2, 0.25) is 0 Å². The monoisotopic (exact) mass is 248 g/mol. The van der Waals surface area contributed by atoms with Crippen molar-refractivity contribution >= 4 is 5.91 Å². The number of nitrogens with zero attached hydrogens (tertiary/aromatic N) is 2. The number of carbonyl (C=O) groups is 1. The molecule has 0 atom stereocenters. The number of hydrogen-bond acceptors (Lipinski definition) is 2. The number of aromatic nitrogens is 1. The first-order valence-electron chi connectivity index (χ1n) is 6.46. The summed E-state index contributed by atoms with van der Waals surface area (Å²) in [6.07, 6.45) is 4.07. The molecule has 1 aliphatic carbocycles. The molecule has 1 amide bonds. The standard InChI is InChI=1S/C14H20N2O2/c1-10(2)16(9-11-4-5-11)14(18)12-6-7-15(3)13(17)8-12/h6-8,10-11H,4-5,9H2,1-3H3. The number of pyridine rings is 1. The van der Waals surface area contributed by atoms with Crippen LogP contribution in [0.25, 0.3) is 0 Å². The molecule has 4 nitrogen and oxygen atoms in total. The first-order chi connectivity index (χ1) is 8.49. The molecule has 0 bridgehead atoms. The zero-order chi connectivity index (χ0) is 13.3. The van der Waals surface area contributed by atoms with E-state index in [9.17, 15) is 9.59 Å². The maximum atomic E-state index is 12.4. The molecule has 2 rings (SSSR count). The van der Waals surface area contributed by atoms with Gasteiger partial charge in [-0.1, -0.05) is 0 Å². The van der Waals surface area contributed by atoms with Gasteiger partial charge < -0.3 is 9.47 Å². The van der Waals surface area contributed by atoms with Crippen LogP contribution in [-0.4, -0.2) is 28.0 Å². The molecule has 0 aromatic carbocycles. The van der Waals surface area contributed by atoms with Crippen molar-refractivity contribution in [2.24, 2.45) is 13.0 Å². The van der Waals surface area contributed by atoms with E-state index in [1.807, 2.05) is 18.7 Å². The third-order valence-electron chi connectivity index (χ3n) is 3.39. The van der Waals surface area contributed by atoms with E-state index in [1.165, 1.54) is 23.5 Å². The van der Waals surface area contributed by atoms with Crippen LogP contribution in [0.15, 0.2) is 23.1 Å². The molecule has 1 aliphatic rings. The van der Waals surface area contributed by atoms with Crippen molar-refractivity contribution in [3.8, 4) is 0 Å². The number of rotatable bonds is 4. The van der Waals surface area contributed by atoms with Crippen LogP contribution in [0.1, 0.15) is 37.0 Å². The molecular formula is C14H20N2O2. The lowest BCUT2D eigenvalue weighted by atomic mass is 10.2. The normalized spacial score (nSPS) is 14.9. The highest BCUT2D eigenvalue weighted by molar-refractivity contribution is 5.94. The van der Waals surface area contributed by atoms with Crippen molar-refractivity contribution in [1.82, 2.24) is 9.47 Å². The first kappa shape index (κ1) is 12.9. The summed E-state index contributed by atoms with van der Waals surface area (Å²) in [6.45, 7) is 4.84. The summed E-state index contributed by atoms with van der Waals surface area (Å²) in [5, 5.41) is 0. The highest BCUT2D eigenvalue weighted by Gasteiger charge is 2.28. The molecule has 98 valence electrons. The molecule has 1 saturated carbocycles. The lowest BCUT2D eigenvalue weighted by Gasteiger charge is -2.26. The van der Waals surface area contributed by atoms with Crippen molar-refractivity contribution < 1.29 is 4.79 Å². The minimum atomic E-state index is -0.143. The predicted octanol–water partition coefficient (Wildman–Crippen LogP) is 1.65. The third kappa shape index (κ3) is 2.81. The van der Waals surface area contributed by atoms with Crippen LogP contribution in [-0.2, 0) is 7.05 Å². The fourth-order valence-electron chi connectivity index (χ4n) is 1.95. The SMILES string of the molecule is CC(C)N(CC1CC1)C(=O)c1ccn(C)c(=O)c1. The Balaban J connectivity index is 2.20. The predicted molar refractivity (Wildman–Crippen MR) is 70.6 cm³/mol. The quantitative estimate of drug-likeness (QED) is 0.813. The number of amides is 1. The van der Waals surface area contributed by atoms with E-state index in [1.54, 1.807) is 19.3 Å². The smallest absolute Gasteiger partial charge is 0.254 e. The average molecular weight is 248 g/mol. The molecule has 1 heterocycles. The van der Waals surface area contributed by atoms with Crippen LogP contribution in [0.3, 0.4) is 0 Å². The first-order valence-corrected chi connectivity index (χ1v) is 6.46. The molecule has 0 saturated heterocycles. The molecule has 0 radical (unpaired) electrons. The summed E-state index contributed by atoms with van der Waals surface area (Å²) in [5.41, 5.74) is 0.350. The summed E-state index contributed by atoms with van der Waals surface area (Å²) < 4.78 is 1.47. The Morgan fingerprint density at radius 2 is 2.17 bits per heavy atom. The van der Waals surface area contributed by atoms with Gasteiger partial charge in [0, 0.05) is 37.5 Å². The van der Waals surface area contributed by atoms with E-state index in [0.29, 0.717) is 11.5 Å². The topological polar surface area (TPSA) is 42.3 Å². The fourth-order valence-corrected chi connectivity index (χ4v) is 1.95. The van der Waals surface area contributed by atoms with Crippen LogP contribution in [0.5, 0.6) is 0 Å². The largest absolute Gasteiger partial charge is 0.336 e. The van der Waals surface area contributed by atoms with E-state index in [0.717, 1.165) is 6.54 Å². The van der Waals surface area contributed by atoms with Gasteiger partial charge in [-0.05, 0) is 38.7 Å². The van der Waals surface area contributed by atoms with Crippen LogP contribution >= 0.6 is 0 Å². The van der Waals surface area contributed by atoms with Gasteiger partial charge in [-0.15, -0.1) is 0 Å². The number of aryl methyl sites for hydroxylation is 1. The summed E-state index contributed by atoms with van der Waals surface area (Å²) in [7, 11) is 1.68. The van der Waals surface area contributed by atoms with Gasteiger partial charge in [0.1, 0.15) is 0 Å². The molecule has 1 aromatic heterocycles. The van der Waals surface area contributed by atoms with Gasteiger partial charge in [0.05, 0.1) is 0 Å². The molecule has 0 N–H and O–H groups in total. The maximum Gasteiger partial charge on any atom is 0.254 e. The van der Waals surface area contributed by atoms with Crippen molar-refractivity contribution in [2.75, 3.05) is 6.54 Å². The molecule has 18 heavy (non-hydrogen) atoms. The second kappa shape index (κ2) is 4.96. The van der Waals surface area contributed by atoms with Gasteiger partial charge in [0.15, 0.2) is 0 Å². The summed E-state index contributed by atoms with van der Waals surface area (Å²) in [6, 6.07) is 3.30. The lowest BCUT2D eigenvalue weighted by molar-refractivity contribution is 0.0696. The Bertz CT molecular complexity index is 501. The van der Waals surface area contributed by atoms with Crippen LogP contribution < -0.4 is 5.56 Å². The molecule has 0 unspecified atom stereocenters. The van der Waals surface area contributed by atoms with Gasteiger partial charge in [-0.25, -0.2) is 0 Å². The Morgan fingerprint density at radius 3 is 2.67 bits per heavy atom. The lowest BCUT2D eigenvalue weighted by Crippen LogP contribution is -2.39. The summed E-state index contributed by atoms with van der Waals surface area (Å²) in [4.78, 5) is 25.8. The molecule has 0 aliphatic heterocycles. The summed E-state index contributed by atoms with van der Waals surface area (Å²) in [5.74, 6) is 0.623. The van der Waals surface area contributed by atoms with Gasteiger partial charge in [-0.3, -0.25) is 9.59 Å². The second-order valence-electron chi connectivity index (χ2n) is 5.36. The van der Waals surface area contributed by atoms with Crippen molar-refractivity contribution in [3.63, 3.8) is 0 Å². The molecule has 0 spiro atoms. The van der Waals surface area contributed by atoms with Gasteiger partial charge in [-0.2, -0.15) is 0 Å². The van der Waals surface area contributed by atoms with E-state index in [4.69, 9.17) is 0 Å². The minimum absolute atomic E-state index is 0.0328. The zero-order valence-electron chi connectivity index (χ0n) is 11.2. The number of hydrogen-bond donors (Lipinski definition) is 0. The van der Waals surface area contributed by atoms with Crippen LogP contribution in [0.4, 0.5) is 0 Å². The Morgan fingerprint density at radius 1 is 1.50 bits per heavy atom. The Kier molecular flexibility index (Phi) is 3.55. The van der Waals surface area contributed by atoms with E-state index in [-0.39, 0.29) is 17.5 Å².